The van der Waals surface area contributed by atoms with Crippen molar-refractivity contribution >= 4 is 27.7 Å². The van der Waals surface area contributed by atoms with Crippen molar-refractivity contribution in [2.24, 2.45) is 0 Å². The molecule has 0 aromatic carbocycles. The predicted molar refractivity (Wildman–Crippen MR) is 105 cm³/mol. The first kappa shape index (κ1) is 25.2. The number of rotatable bonds is 20. The van der Waals surface area contributed by atoms with E-state index in [0.29, 0.717) is 79.3 Å². The highest BCUT2D eigenvalue weighted by Gasteiger charge is 2.22. The van der Waals surface area contributed by atoms with Gasteiger partial charge < -0.3 is 28.4 Å². The van der Waals surface area contributed by atoms with Gasteiger partial charge in [0, 0.05) is 17.5 Å². The van der Waals surface area contributed by atoms with E-state index in [4.69, 9.17) is 28.4 Å². The lowest BCUT2D eigenvalue weighted by Crippen LogP contribution is -2.33. The Morgan fingerprint density at radius 2 is 0.893 bits per heavy atom. The van der Waals surface area contributed by atoms with E-state index in [1.54, 1.807) is 0 Å². The molecule has 0 radical (unpaired) electrons. The van der Waals surface area contributed by atoms with Crippen LogP contribution in [0, 0.1) is 0 Å². The zero-order chi connectivity index (χ0) is 20.3. The fourth-order valence-corrected chi connectivity index (χ4v) is 2.29. The zero-order valence-corrected chi connectivity index (χ0v) is 17.7. The van der Waals surface area contributed by atoms with Crippen LogP contribution < -0.4 is 0 Å². The van der Waals surface area contributed by atoms with E-state index in [-0.39, 0.29) is 18.4 Å². The Kier molecular flexibility index (Phi) is 16.3. The van der Waals surface area contributed by atoms with Crippen LogP contribution in [-0.2, 0) is 38.0 Å². The average Bonchev–Trinajstić information content (AvgIpc) is 3.01. The molecule has 10 heteroatoms. The van der Waals surface area contributed by atoms with E-state index in [0.717, 1.165) is 10.2 Å². The summed E-state index contributed by atoms with van der Waals surface area (Å²) in [5.41, 5.74) is 0. The molecule has 1 aliphatic rings. The van der Waals surface area contributed by atoms with Crippen LogP contribution >= 0.6 is 15.9 Å². The Bertz CT molecular complexity index is 431. The number of nitrogens with zero attached hydrogens (tertiary/aromatic N) is 1. The third kappa shape index (κ3) is 13.3. The molecule has 9 nitrogen and oxygen atoms in total. The fraction of sp³-hybridized carbons (Fsp3) is 0.778. The summed E-state index contributed by atoms with van der Waals surface area (Å²) in [4.78, 5) is 23.8. The monoisotopic (exact) mass is 467 g/mol. The number of ether oxygens (including phenoxy) is 6. The van der Waals surface area contributed by atoms with Crippen molar-refractivity contribution in [1.82, 2.24) is 4.90 Å². The molecule has 1 aliphatic heterocycles. The molecule has 0 aliphatic carbocycles. The lowest BCUT2D eigenvalue weighted by molar-refractivity contribution is -0.137. The number of halogens is 1. The van der Waals surface area contributed by atoms with Gasteiger partial charge in [0.2, 0.25) is 0 Å². The number of carbonyl (C=O) groups excluding carboxylic acids is 2. The quantitative estimate of drug-likeness (QED) is 0.144. The standard InChI is InChI=1S/C18H30BrNO8/c19-3-5-23-7-9-25-11-13-27-15-16-28-14-12-26-10-8-24-6-4-20-17(21)1-2-18(20)22/h1-2H,3-16H2. The molecule has 0 fully saturated rings. The largest absolute Gasteiger partial charge is 0.378 e. The molecule has 1 rings (SSSR count). The highest BCUT2D eigenvalue weighted by atomic mass is 79.9. The third-order valence-electron chi connectivity index (χ3n) is 3.44. The smallest absolute Gasteiger partial charge is 0.253 e. The second-order valence-electron chi connectivity index (χ2n) is 5.52. The molecule has 2 amide bonds. The van der Waals surface area contributed by atoms with Gasteiger partial charge in [0.15, 0.2) is 0 Å². The molecule has 0 N–H and O–H groups in total. The van der Waals surface area contributed by atoms with E-state index < -0.39 is 0 Å². The van der Waals surface area contributed by atoms with Gasteiger partial charge in [0.05, 0.1) is 85.8 Å². The first-order valence-electron chi connectivity index (χ1n) is 9.31. The topological polar surface area (TPSA) is 92.8 Å². The summed E-state index contributed by atoms with van der Waals surface area (Å²) < 4.78 is 32.0. The maximum Gasteiger partial charge on any atom is 0.253 e. The predicted octanol–water partition coefficient (Wildman–Crippen LogP) is 0.406. The summed E-state index contributed by atoms with van der Waals surface area (Å²) >= 11 is 3.28. The van der Waals surface area contributed by atoms with Crippen LogP contribution in [0.3, 0.4) is 0 Å². The molecule has 0 saturated carbocycles. The van der Waals surface area contributed by atoms with Crippen molar-refractivity contribution in [2.45, 2.75) is 0 Å². The number of imide groups is 1. The Morgan fingerprint density at radius 1 is 0.571 bits per heavy atom. The summed E-state index contributed by atoms with van der Waals surface area (Å²) in [7, 11) is 0. The Balaban J connectivity index is 1.70. The number of amides is 2. The second kappa shape index (κ2) is 18.2. The maximum absolute atomic E-state index is 11.3. The van der Waals surface area contributed by atoms with Crippen LogP contribution in [0.5, 0.6) is 0 Å². The summed E-state index contributed by atoms with van der Waals surface area (Å²) in [6, 6.07) is 0. The van der Waals surface area contributed by atoms with Crippen molar-refractivity contribution in [2.75, 3.05) is 91.2 Å². The normalized spacial score (nSPS) is 13.8. The van der Waals surface area contributed by atoms with Crippen molar-refractivity contribution in [3.8, 4) is 0 Å². The van der Waals surface area contributed by atoms with Gasteiger partial charge >= 0.3 is 0 Å². The molecule has 0 unspecified atom stereocenters. The maximum atomic E-state index is 11.3. The fourth-order valence-electron chi connectivity index (χ4n) is 2.06. The Labute approximate surface area is 174 Å². The lowest BCUT2D eigenvalue weighted by atomic mass is 10.5. The van der Waals surface area contributed by atoms with Gasteiger partial charge in [-0.1, -0.05) is 15.9 Å². The van der Waals surface area contributed by atoms with E-state index in [2.05, 4.69) is 15.9 Å². The highest BCUT2D eigenvalue weighted by molar-refractivity contribution is 9.09. The molecule has 0 aromatic heterocycles. The SMILES string of the molecule is O=C1C=CC(=O)N1CCOCCOCCOCCOCCOCCOCCBr. The molecule has 0 spiro atoms. The minimum absolute atomic E-state index is 0.254. The number of alkyl halides is 1. The lowest BCUT2D eigenvalue weighted by Gasteiger charge is -2.13. The molecular formula is C18H30BrNO8. The van der Waals surface area contributed by atoms with Crippen molar-refractivity contribution in [1.29, 1.82) is 0 Å². The van der Waals surface area contributed by atoms with Gasteiger partial charge in [-0.3, -0.25) is 14.5 Å². The Hall–Kier alpha value is -0.880. The van der Waals surface area contributed by atoms with Gasteiger partial charge in [-0.15, -0.1) is 0 Å². The minimum atomic E-state index is -0.297. The number of carbonyl (C=O) groups is 2. The van der Waals surface area contributed by atoms with Crippen LogP contribution in [0.25, 0.3) is 0 Å². The van der Waals surface area contributed by atoms with Crippen molar-refractivity contribution in [3.63, 3.8) is 0 Å². The molecule has 0 bridgehead atoms. The van der Waals surface area contributed by atoms with Crippen LogP contribution in [0.15, 0.2) is 12.2 Å². The van der Waals surface area contributed by atoms with Gasteiger partial charge in [-0.05, 0) is 0 Å². The van der Waals surface area contributed by atoms with E-state index in [1.807, 2.05) is 0 Å². The highest BCUT2D eigenvalue weighted by Crippen LogP contribution is 2.02. The summed E-state index contributed by atoms with van der Waals surface area (Å²) in [5.74, 6) is -0.594. The van der Waals surface area contributed by atoms with E-state index in [1.165, 1.54) is 12.2 Å². The second-order valence-corrected chi connectivity index (χ2v) is 6.32. The van der Waals surface area contributed by atoms with Crippen LogP contribution in [0.1, 0.15) is 0 Å². The van der Waals surface area contributed by atoms with Crippen LogP contribution in [0.2, 0.25) is 0 Å². The minimum Gasteiger partial charge on any atom is -0.378 e. The van der Waals surface area contributed by atoms with Crippen LogP contribution in [-0.4, -0.2) is 108 Å². The molecule has 28 heavy (non-hydrogen) atoms. The first-order valence-corrected chi connectivity index (χ1v) is 10.4. The Morgan fingerprint density at radius 3 is 1.25 bits per heavy atom. The van der Waals surface area contributed by atoms with Crippen molar-refractivity contribution in [3.05, 3.63) is 12.2 Å². The summed E-state index contributed by atoms with van der Waals surface area (Å²) in [6.07, 6.45) is 2.52. The van der Waals surface area contributed by atoms with E-state index in [9.17, 15) is 9.59 Å². The number of hydrogen-bond acceptors (Lipinski definition) is 8. The van der Waals surface area contributed by atoms with Gasteiger partial charge in [-0.25, -0.2) is 0 Å². The molecule has 162 valence electrons. The molecule has 0 aromatic rings. The average molecular weight is 468 g/mol. The van der Waals surface area contributed by atoms with Gasteiger partial charge in [0.1, 0.15) is 0 Å². The van der Waals surface area contributed by atoms with Gasteiger partial charge in [0.25, 0.3) is 11.8 Å². The van der Waals surface area contributed by atoms with E-state index >= 15 is 0 Å². The molecule has 0 saturated heterocycles. The van der Waals surface area contributed by atoms with Crippen LogP contribution in [0.4, 0.5) is 0 Å². The summed E-state index contributed by atoms with van der Waals surface area (Å²) in [5, 5.41) is 0.832. The van der Waals surface area contributed by atoms with Crippen molar-refractivity contribution < 1.29 is 38.0 Å². The molecule has 0 atom stereocenters. The molecule has 1 heterocycles. The zero-order valence-electron chi connectivity index (χ0n) is 16.1. The third-order valence-corrected chi connectivity index (χ3v) is 3.77. The number of hydrogen-bond donors (Lipinski definition) is 0. The molecular weight excluding hydrogens is 438 g/mol. The first-order chi connectivity index (χ1) is 13.8. The summed E-state index contributed by atoms with van der Waals surface area (Å²) in [6.45, 7) is 6.25. The van der Waals surface area contributed by atoms with Gasteiger partial charge in [-0.2, -0.15) is 0 Å².